The summed E-state index contributed by atoms with van der Waals surface area (Å²) in [6.45, 7) is 0.961. The summed E-state index contributed by atoms with van der Waals surface area (Å²) in [7, 11) is 1.62. The van der Waals surface area contributed by atoms with Crippen LogP contribution in [0.5, 0.6) is 11.5 Å². The first-order valence-electron chi connectivity index (χ1n) is 7.08. The summed E-state index contributed by atoms with van der Waals surface area (Å²) >= 11 is 12.3. The highest BCUT2D eigenvalue weighted by molar-refractivity contribution is 6.35. The van der Waals surface area contributed by atoms with Gasteiger partial charge in [-0.15, -0.1) is 0 Å². The number of hydrogen-bond donors (Lipinski definition) is 1. The molecular weight excluding hydrogens is 321 g/mol. The average Bonchev–Trinajstić information content (AvgIpc) is 2.53. The van der Waals surface area contributed by atoms with Gasteiger partial charge in [0.25, 0.3) is 0 Å². The van der Waals surface area contributed by atoms with Crippen LogP contribution in [0.3, 0.4) is 0 Å². The quantitative estimate of drug-likeness (QED) is 0.809. The molecule has 0 spiro atoms. The lowest BCUT2D eigenvalue weighted by atomic mass is 10.1. The van der Waals surface area contributed by atoms with Gasteiger partial charge in [0.1, 0.15) is 6.61 Å². The molecule has 0 saturated heterocycles. The van der Waals surface area contributed by atoms with Crippen molar-refractivity contribution in [1.29, 1.82) is 0 Å². The molecule has 0 amide bonds. The fraction of sp³-hybridized carbons (Fsp3) is 0.294. The van der Waals surface area contributed by atoms with Crippen LogP contribution in [0.15, 0.2) is 36.4 Å². The van der Waals surface area contributed by atoms with E-state index in [-0.39, 0.29) is 6.61 Å². The molecule has 2 N–H and O–H groups in total. The first kappa shape index (κ1) is 16.9. The Kier molecular flexibility index (Phi) is 6.37. The minimum absolute atomic E-state index is 0.289. The van der Waals surface area contributed by atoms with Gasteiger partial charge in [-0.25, -0.2) is 0 Å². The molecule has 2 rings (SSSR count). The standard InChI is InChI=1S/C17H19Cl2NO2/c1-21-17-10-12(4-3-9-20)7-8-16(17)22-11-13-14(18)5-2-6-15(13)19/h2,5-8,10H,3-4,9,11,20H2,1H3. The van der Waals surface area contributed by atoms with Crippen LogP contribution in [-0.4, -0.2) is 13.7 Å². The highest BCUT2D eigenvalue weighted by atomic mass is 35.5. The van der Waals surface area contributed by atoms with E-state index in [1.807, 2.05) is 18.2 Å². The molecular formula is C17H19Cl2NO2. The molecule has 0 saturated carbocycles. The van der Waals surface area contributed by atoms with Crippen LogP contribution < -0.4 is 15.2 Å². The van der Waals surface area contributed by atoms with Gasteiger partial charge in [0, 0.05) is 15.6 Å². The third-order valence-electron chi connectivity index (χ3n) is 3.33. The number of hydrogen-bond acceptors (Lipinski definition) is 3. The van der Waals surface area contributed by atoms with Crippen molar-refractivity contribution in [2.75, 3.05) is 13.7 Å². The van der Waals surface area contributed by atoms with Crippen molar-refractivity contribution >= 4 is 23.2 Å². The van der Waals surface area contributed by atoms with Crippen molar-refractivity contribution in [3.05, 3.63) is 57.6 Å². The van der Waals surface area contributed by atoms with Crippen LogP contribution in [0.2, 0.25) is 10.0 Å². The Morgan fingerprint density at radius 2 is 1.77 bits per heavy atom. The third kappa shape index (κ3) is 4.29. The largest absolute Gasteiger partial charge is 0.493 e. The number of methoxy groups -OCH3 is 1. The average molecular weight is 340 g/mol. The van der Waals surface area contributed by atoms with Gasteiger partial charge in [-0.2, -0.15) is 0 Å². The lowest BCUT2D eigenvalue weighted by molar-refractivity contribution is 0.284. The molecule has 5 heteroatoms. The molecule has 0 aliphatic carbocycles. The molecule has 2 aromatic rings. The van der Waals surface area contributed by atoms with Gasteiger partial charge < -0.3 is 15.2 Å². The van der Waals surface area contributed by atoms with Gasteiger partial charge in [-0.1, -0.05) is 35.3 Å². The number of rotatable bonds is 7. The van der Waals surface area contributed by atoms with E-state index in [2.05, 4.69) is 0 Å². The van der Waals surface area contributed by atoms with Crippen molar-refractivity contribution in [3.63, 3.8) is 0 Å². The van der Waals surface area contributed by atoms with E-state index in [1.165, 1.54) is 5.56 Å². The lowest BCUT2D eigenvalue weighted by Crippen LogP contribution is -2.02. The summed E-state index contributed by atoms with van der Waals surface area (Å²) in [4.78, 5) is 0. The van der Waals surface area contributed by atoms with Gasteiger partial charge in [0.2, 0.25) is 0 Å². The fourth-order valence-electron chi connectivity index (χ4n) is 2.11. The Morgan fingerprint density at radius 1 is 1.05 bits per heavy atom. The number of nitrogens with two attached hydrogens (primary N) is 1. The second-order valence-corrected chi connectivity index (χ2v) is 5.68. The predicted octanol–water partition coefficient (Wildman–Crippen LogP) is 4.47. The van der Waals surface area contributed by atoms with Crippen LogP contribution in [0, 0.1) is 0 Å². The van der Waals surface area contributed by atoms with Crippen LogP contribution in [0.25, 0.3) is 0 Å². The fourth-order valence-corrected chi connectivity index (χ4v) is 2.62. The van der Waals surface area contributed by atoms with Crippen LogP contribution >= 0.6 is 23.2 Å². The molecule has 0 heterocycles. The van der Waals surface area contributed by atoms with Crippen molar-refractivity contribution in [2.24, 2.45) is 5.73 Å². The van der Waals surface area contributed by atoms with Crippen molar-refractivity contribution in [3.8, 4) is 11.5 Å². The van der Waals surface area contributed by atoms with Crippen molar-refractivity contribution in [2.45, 2.75) is 19.4 Å². The smallest absolute Gasteiger partial charge is 0.161 e. The Bertz CT molecular complexity index is 612. The lowest BCUT2D eigenvalue weighted by Gasteiger charge is -2.13. The summed E-state index contributed by atoms with van der Waals surface area (Å²) in [5.74, 6) is 1.35. The van der Waals surface area contributed by atoms with Crippen LogP contribution in [0.1, 0.15) is 17.5 Å². The predicted molar refractivity (Wildman–Crippen MR) is 91.2 cm³/mol. The van der Waals surface area contributed by atoms with E-state index < -0.39 is 0 Å². The highest BCUT2D eigenvalue weighted by Crippen LogP contribution is 2.31. The second-order valence-electron chi connectivity index (χ2n) is 4.87. The monoisotopic (exact) mass is 339 g/mol. The van der Waals surface area contributed by atoms with Gasteiger partial charge in [0.05, 0.1) is 7.11 Å². The summed E-state index contributed by atoms with van der Waals surface area (Å²) < 4.78 is 11.2. The van der Waals surface area contributed by atoms with Crippen LogP contribution in [0.4, 0.5) is 0 Å². The third-order valence-corrected chi connectivity index (χ3v) is 4.04. The minimum atomic E-state index is 0.289. The molecule has 0 bridgehead atoms. The maximum atomic E-state index is 6.14. The zero-order valence-corrected chi connectivity index (χ0v) is 14.0. The van der Waals surface area contributed by atoms with E-state index in [4.69, 9.17) is 38.4 Å². The topological polar surface area (TPSA) is 44.5 Å². The van der Waals surface area contributed by atoms with Crippen molar-refractivity contribution < 1.29 is 9.47 Å². The highest BCUT2D eigenvalue weighted by Gasteiger charge is 2.10. The molecule has 0 atom stereocenters. The number of halogens is 2. The number of ether oxygens (including phenoxy) is 2. The second kappa shape index (κ2) is 8.28. The van der Waals surface area contributed by atoms with Gasteiger partial charge in [-0.3, -0.25) is 0 Å². The zero-order valence-electron chi connectivity index (χ0n) is 12.4. The Morgan fingerprint density at radius 3 is 2.41 bits per heavy atom. The molecule has 3 nitrogen and oxygen atoms in total. The van der Waals surface area contributed by atoms with Gasteiger partial charge in [0.15, 0.2) is 11.5 Å². The molecule has 0 aliphatic heterocycles. The minimum Gasteiger partial charge on any atom is -0.493 e. The Hall–Kier alpha value is -1.42. The Labute approximate surface area is 140 Å². The van der Waals surface area contributed by atoms with E-state index in [0.717, 1.165) is 18.4 Å². The molecule has 22 heavy (non-hydrogen) atoms. The summed E-state index contributed by atoms with van der Waals surface area (Å²) in [6, 6.07) is 11.3. The maximum absolute atomic E-state index is 6.14. The van der Waals surface area contributed by atoms with E-state index in [0.29, 0.717) is 28.1 Å². The number of benzene rings is 2. The van der Waals surface area contributed by atoms with Crippen molar-refractivity contribution in [1.82, 2.24) is 0 Å². The maximum Gasteiger partial charge on any atom is 0.161 e. The molecule has 118 valence electrons. The molecule has 0 aliphatic rings. The molecule has 0 unspecified atom stereocenters. The summed E-state index contributed by atoms with van der Waals surface area (Å²) in [5.41, 5.74) is 7.47. The Balaban J connectivity index is 2.12. The first-order valence-corrected chi connectivity index (χ1v) is 7.84. The van der Waals surface area contributed by atoms with E-state index >= 15 is 0 Å². The SMILES string of the molecule is COc1cc(CCCN)ccc1OCc1c(Cl)cccc1Cl. The van der Waals surface area contributed by atoms with Gasteiger partial charge >= 0.3 is 0 Å². The zero-order chi connectivity index (χ0) is 15.9. The van der Waals surface area contributed by atoms with E-state index in [1.54, 1.807) is 25.3 Å². The van der Waals surface area contributed by atoms with Gasteiger partial charge in [-0.05, 0) is 49.2 Å². The summed E-state index contributed by atoms with van der Waals surface area (Å²) in [5, 5.41) is 1.18. The number of aryl methyl sites for hydroxylation is 1. The molecule has 0 fully saturated rings. The molecule has 2 aromatic carbocycles. The summed E-state index contributed by atoms with van der Waals surface area (Å²) in [6.07, 6.45) is 1.86. The van der Waals surface area contributed by atoms with E-state index in [9.17, 15) is 0 Å². The normalized spacial score (nSPS) is 10.5. The van der Waals surface area contributed by atoms with Crippen LogP contribution in [-0.2, 0) is 13.0 Å². The first-order chi connectivity index (χ1) is 10.7. The molecule has 0 radical (unpaired) electrons. The molecule has 0 aromatic heterocycles.